The molecule has 0 fully saturated rings. The Hall–Kier alpha value is -0.0200. The Balaban J connectivity index is 3.22. The van der Waals surface area contributed by atoms with Gasteiger partial charge in [-0.2, -0.15) is 0 Å². The zero-order valence-electron chi connectivity index (χ0n) is 5.60. The van der Waals surface area contributed by atoms with Gasteiger partial charge in [-0.3, -0.25) is 0 Å². The van der Waals surface area contributed by atoms with Crippen LogP contribution in [0.5, 0.6) is 0 Å². The fourth-order valence-corrected chi connectivity index (χ4v) is 2.48. The standard InChI is InChI=1S/C5HF7I/c6-1-2(7)13-3(8)5(11,12)4(1,9)10/h3H/q-1. The van der Waals surface area contributed by atoms with Gasteiger partial charge in [-0.1, -0.05) is 0 Å². The molecule has 1 heterocycles. The van der Waals surface area contributed by atoms with Crippen LogP contribution in [0, 0.1) is 0 Å². The SMILES string of the molecule is FC1=C(F)C(F)(F)C(F)(F)C(F)[I-]1. The first kappa shape index (κ1) is 11.1. The molecule has 0 spiro atoms. The number of hydrogen-bond donors (Lipinski definition) is 0. The molecule has 78 valence electrons. The Labute approximate surface area is 78.0 Å². The molecule has 0 aromatic carbocycles. The predicted octanol–water partition coefficient (Wildman–Crippen LogP) is -0.237. The number of alkyl halides is 6. The third-order valence-electron chi connectivity index (χ3n) is 1.33. The number of hydrogen-bond acceptors (Lipinski definition) is 0. The summed E-state index contributed by atoms with van der Waals surface area (Å²) in [6.45, 7) is 0. The van der Waals surface area contributed by atoms with Crippen molar-refractivity contribution < 1.29 is 51.9 Å². The van der Waals surface area contributed by atoms with Gasteiger partial charge in [-0.15, -0.1) is 0 Å². The van der Waals surface area contributed by atoms with E-state index in [4.69, 9.17) is 0 Å². The molecule has 1 atom stereocenters. The average molecular weight is 321 g/mol. The van der Waals surface area contributed by atoms with E-state index >= 15 is 0 Å². The third kappa shape index (κ3) is 1.42. The normalized spacial score (nSPS) is 32.7. The molecule has 13 heavy (non-hydrogen) atoms. The Kier molecular flexibility index (Phi) is 2.54. The van der Waals surface area contributed by atoms with Gasteiger partial charge in [-0.05, 0) is 0 Å². The molecule has 0 saturated carbocycles. The first-order chi connectivity index (χ1) is 5.71. The molecule has 1 rings (SSSR count). The van der Waals surface area contributed by atoms with Gasteiger partial charge >= 0.3 is 77.6 Å². The van der Waals surface area contributed by atoms with Crippen molar-refractivity contribution in [1.29, 1.82) is 0 Å². The van der Waals surface area contributed by atoms with E-state index < -0.39 is 46.9 Å². The van der Waals surface area contributed by atoms with Crippen LogP contribution in [0.2, 0.25) is 0 Å². The van der Waals surface area contributed by atoms with Crippen LogP contribution in [0.4, 0.5) is 30.7 Å². The summed E-state index contributed by atoms with van der Waals surface area (Å²) in [6.07, 6.45) is 0. The van der Waals surface area contributed by atoms with E-state index in [1.807, 2.05) is 0 Å². The summed E-state index contributed by atoms with van der Waals surface area (Å²) in [6, 6.07) is 0. The van der Waals surface area contributed by atoms with E-state index in [1.54, 1.807) is 0 Å². The van der Waals surface area contributed by atoms with Crippen LogP contribution in [0.15, 0.2) is 9.66 Å². The minimum absolute atomic E-state index is 2.05. The molecule has 1 aliphatic heterocycles. The van der Waals surface area contributed by atoms with E-state index in [9.17, 15) is 30.7 Å². The van der Waals surface area contributed by atoms with Crippen LogP contribution in [0.1, 0.15) is 0 Å². The Morgan fingerprint density at radius 1 is 1.08 bits per heavy atom. The summed E-state index contributed by atoms with van der Waals surface area (Å²) < 4.78 is 80.2. The van der Waals surface area contributed by atoms with Crippen molar-refractivity contribution in [3.8, 4) is 0 Å². The quantitative estimate of drug-likeness (QED) is 0.328. The molecule has 0 aromatic rings. The average Bonchev–Trinajstić information content (AvgIpc) is 2.00. The van der Waals surface area contributed by atoms with Crippen molar-refractivity contribution in [3.05, 3.63) is 9.66 Å². The van der Waals surface area contributed by atoms with Crippen LogP contribution in [-0.4, -0.2) is 16.0 Å². The maximum atomic E-state index is 12.3. The number of allylic oxidation sites excluding steroid dienone is 1. The monoisotopic (exact) mass is 321 g/mol. The molecule has 0 aromatic heterocycles. The van der Waals surface area contributed by atoms with Gasteiger partial charge in [0.1, 0.15) is 0 Å². The summed E-state index contributed by atoms with van der Waals surface area (Å²) in [5.41, 5.74) is 0. The summed E-state index contributed by atoms with van der Waals surface area (Å²) in [5.74, 6) is -13.3. The molecule has 0 amide bonds. The topological polar surface area (TPSA) is 0 Å². The van der Waals surface area contributed by atoms with E-state index in [0.29, 0.717) is 0 Å². The predicted molar refractivity (Wildman–Crippen MR) is 24.0 cm³/mol. The second-order valence-electron chi connectivity index (χ2n) is 2.18. The van der Waals surface area contributed by atoms with Crippen LogP contribution in [0.3, 0.4) is 0 Å². The molecule has 0 radical (unpaired) electrons. The van der Waals surface area contributed by atoms with Gasteiger partial charge in [0.15, 0.2) is 0 Å². The number of rotatable bonds is 0. The van der Waals surface area contributed by atoms with E-state index in [1.165, 1.54) is 0 Å². The van der Waals surface area contributed by atoms with Gasteiger partial charge in [0.05, 0.1) is 0 Å². The van der Waals surface area contributed by atoms with Crippen molar-refractivity contribution in [3.63, 3.8) is 0 Å². The molecule has 0 aliphatic carbocycles. The van der Waals surface area contributed by atoms with Gasteiger partial charge in [0.2, 0.25) is 0 Å². The molecule has 1 unspecified atom stereocenters. The summed E-state index contributed by atoms with van der Waals surface area (Å²) >= 11 is -2.66. The van der Waals surface area contributed by atoms with Crippen molar-refractivity contribution in [1.82, 2.24) is 0 Å². The molecule has 0 nitrogen and oxygen atoms in total. The van der Waals surface area contributed by atoms with Crippen LogP contribution >= 0.6 is 0 Å². The fraction of sp³-hybridized carbons (Fsp3) is 0.600. The Bertz CT molecular complexity index is 258. The van der Waals surface area contributed by atoms with E-state index in [2.05, 4.69) is 0 Å². The Morgan fingerprint density at radius 2 is 1.54 bits per heavy atom. The second kappa shape index (κ2) is 2.99. The minimum atomic E-state index is -5.37. The van der Waals surface area contributed by atoms with Gasteiger partial charge < -0.3 is 0 Å². The molecular formula is C5HF7I-. The van der Waals surface area contributed by atoms with Crippen LogP contribution < -0.4 is 21.2 Å². The second-order valence-corrected chi connectivity index (χ2v) is 4.85. The zero-order valence-corrected chi connectivity index (χ0v) is 7.76. The molecule has 1 aliphatic rings. The van der Waals surface area contributed by atoms with Crippen LogP contribution in [-0.2, 0) is 0 Å². The van der Waals surface area contributed by atoms with E-state index in [-0.39, 0.29) is 0 Å². The van der Waals surface area contributed by atoms with Crippen molar-refractivity contribution in [2.75, 3.05) is 0 Å². The molecule has 8 heteroatoms. The van der Waals surface area contributed by atoms with Crippen molar-refractivity contribution in [2.24, 2.45) is 0 Å². The number of halogens is 8. The summed E-state index contributed by atoms with van der Waals surface area (Å²) in [5, 5.41) is 0. The third-order valence-corrected chi connectivity index (χ3v) is 3.68. The van der Waals surface area contributed by atoms with Crippen molar-refractivity contribution in [2.45, 2.75) is 16.0 Å². The maximum absolute atomic E-state index is 12.3. The zero-order chi connectivity index (χ0) is 10.4. The van der Waals surface area contributed by atoms with Gasteiger partial charge in [-0.25, -0.2) is 0 Å². The summed E-state index contributed by atoms with van der Waals surface area (Å²) in [7, 11) is 0. The van der Waals surface area contributed by atoms with Gasteiger partial charge in [0.25, 0.3) is 0 Å². The van der Waals surface area contributed by atoms with Crippen LogP contribution in [0.25, 0.3) is 0 Å². The molecule has 0 N–H and O–H groups in total. The Morgan fingerprint density at radius 3 is 2.00 bits per heavy atom. The fourth-order valence-electron chi connectivity index (χ4n) is 0.603. The molecule has 0 bridgehead atoms. The summed E-state index contributed by atoms with van der Waals surface area (Å²) in [4.78, 5) is 0. The van der Waals surface area contributed by atoms with Gasteiger partial charge in [0, 0.05) is 0 Å². The molecule has 0 saturated heterocycles. The van der Waals surface area contributed by atoms with E-state index in [0.717, 1.165) is 0 Å². The van der Waals surface area contributed by atoms with Crippen molar-refractivity contribution >= 4 is 0 Å². The first-order valence-electron chi connectivity index (χ1n) is 2.80. The first-order valence-corrected chi connectivity index (χ1v) is 5.12. The molecular weight excluding hydrogens is 320 g/mol.